The Morgan fingerprint density at radius 3 is 2.57 bits per heavy atom. The average molecular weight is 375 g/mol. The lowest BCUT2D eigenvalue weighted by Gasteiger charge is -2.31. The zero-order valence-electron chi connectivity index (χ0n) is 12.3. The number of nitrogens with two attached hydrogens (primary N) is 1. The van der Waals surface area contributed by atoms with Gasteiger partial charge in [-0.2, -0.15) is 17.5 Å². The molecule has 1 heterocycles. The number of ether oxygens (including phenoxy) is 1. The normalized spacial score (nSPS) is 20.1. The number of benzene rings is 1. The molecule has 0 spiro atoms. The van der Waals surface area contributed by atoms with Crippen molar-refractivity contribution in [1.29, 1.82) is 0 Å². The SMILES string of the molecule is Cc1cc(C(F)(F)F)ccc1S(=O)(=O)N1CCOC(CN)C1.Cl. The first kappa shape index (κ1) is 20.2. The van der Waals surface area contributed by atoms with E-state index in [1.165, 1.54) is 11.2 Å². The number of hydrogen-bond donors (Lipinski definition) is 1. The van der Waals surface area contributed by atoms with Crippen LogP contribution in [0.3, 0.4) is 0 Å². The molecule has 10 heteroatoms. The summed E-state index contributed by atoms with van der Waals surface area (Å²) in [6.07, 6.45) is -4.91. The third-order valence-electron chi connectivity index (χ3n) is 3.48. The van der Waals surface area contributed by atoms with E-state index < -0.39 is 27.9 Å². The minimum Gasteiger partial charge on any atom is -0.374 e. The summed E-state index contributed by atoms with van der Waals surface area (Å²) in [6, 6.07) is 2.62. The van der Waals surface area contributed by atoms with Crippen molar-refractivity contribution >= 4 is 22.4 Å². The van der Waals surface area contributed by atoms with E-state index in [4.69, 9.17) is 10.5 Å². The van der Waals surface area contributed by atoms with Gasteiger partial charge < -0.3 is 10.5 Å². The Balaban J connectivity index is 0.00000264. The number of alkyl halides is 3. The van der Waals surface area contributed by atoms with Crippen LogP contribution in [0, 0.1) is 6.92 Å². The first-order chi connectivity index (χ1) is 10.2. The molecule has 23 heavy (non-hydrogen) atoms. The Morgan fingerprint density at radius 2 is 2.04 bits per heavy atom. The predicted molar refractivity (Wildman–Crippen MR) is 81.0 cm³/mol. The maximum atomic E-state index is 12.7. The second-order valence-corrected chi connectivity index (χ2v) is 6.98. The van der Waals surface area contributed by atoms with Gasteiger partial charge >= 0.3 is 6.18 Å². The highest BCUT2D eigenvalue weighted by atomic mass is 35.5. The fourth-order valence-electron chi connectivity index (χ4n) is 2.31. The van der Waals surface area contributed by atoms with Crippen LogP contribution in [0.2, 0.25) is 0 Å². The van der Waals surface area contributed by atoms with Crippen LogP contribution in [-0.2, 0) is 20.9 Å². The molecule has 1 saturated heterocycles. The molecule has 0 bridgehead atoms. The number of halogens is 4. The van der Waals surface area contributed by atoms with Crippen LogP contribution in [-0.4, -0.2) is 45.1 Å². The lowest BCUT2D eigenvalue weighted by Crippen LogP contribution is -2.48. The smallest absolute Gasteiger partial charge is 0.374 e. The average Bonchev–Trinajstić information content (AvgIpc) is 2.46. The minimum atomic E-state index is -4.50. The van der Waals surface area contributed by atoms with E-state index >= 15 is 0 Å². The first-order valence-electron chi connectivity index (χ1n) is 6.66. The van der Waals surface area contributed by atoms with Gasteiger partial charge in [0, 0.05) is 19.6 Å². The molecule has 1 fully saturated rings. The van der Waals surface area contributed by atoms with E-state index in [1.54, 1.807) is 0 Å². The Morgan fingerprint density at radius 1 is 1.39 bits per heavy atom. The number of nitrogens with zero attached hydrogens (tertiary/aromatic N) is 1. The quantitative estimate of drug-likeness (QED) is 0.875. The minimum absolute atomic E-state index is 0. The highest BCUT2D eigenvalue weighted by molar-refractivity contribution is 7.89. The summed E-state index contributed by atoms with van der Waals surface area (Å²) in [5, 5.41) is 0. The van der Waals surface area contributed by atoms with E-state index in [2.05, 4.69) is 0 Å². The van der Waals surface area contributed by atoms with Gasteiger partial charge in [-0.3, -0.25) is 0 Å². The molecule has 1 unspecified atom stereocenters. The van der Waals surface area contributed by atoms with Crippen LogP contribution in [0.1, 0.15) is 11.1 Å². The second-order valence-electron chi connectivity index (χ2n) is 5.07. The molecule has 1 atom stereocenters. The van der Waals surface area contributed by atoms with Crippen LogP contribution in [0.4, 0.5) is 13.2 Å². The summed E-state index contributed by atoms with van der Waals surface area (Å²) >= 11 is 0. The van der Waals surface area contributed by atoms with Gasteiger partial charge in [0.05, 0.1) is 23.2 Å². The lowest BCUT2D eigenvalue weighted by molar-refractivity contribution is -0.137. The molecule has 2 N–H and O–H groups in total. The van der Waals surface area contributed by atoms with Crippen molar-refractivity contribution in [1.82, 2.24) is 4.31 Å². The monoisotopic (exact) mass is 374 g/mol. The van der Waals surface area contributed by atoms with Crippen molar-refractivity contribution in [2.45, 2.75) is 24.1 Å². The Kier molecular flexibility index (Phi) is 6.45. The zero-order chi connectivity index (χ0) is 16.5. The molecule has 0 aliphatic carbocycles. The molecule has 0 saturated carbocycles. The standard InChI is InChI=1S/C13H17F3N2O3S.ClH/c1-9-6-10(13(14,15)16)2-3-12(9)22(19,20)18-4-5-21-11(7-17)8-18;/h2-3,6,11H,4-5,7-8,17H2,1H3;1H. The van der Waals surface area contributed by atoms with Crippen LogP contribution < -0.4 is 5.73 Å². The van der Waals surface area contributed by atoms with E-state index in [0.29, 0.717) is 0 Å². The molecular weight excluding hydrogens is 357 g/mol. The van der Waals surface area contributed by atoms with Crippen molar-refractivity contribution in [3.05, 3.63) is 29.3 Å². The molecule has 1 aliphatic rings. The number of sulfonamides is 1. The second kappa shape index (κ2) is 7.35. The summed E-state index contributed by atoms with van der Waals surface area (Å²) in [5.41, 5.74) is 4.66. The molecule has 1 aliphatic heterocycles. The third kappa shape index (κ3) is 4.36. The Bertz CT molecular complexity index is 652. The zero-order valence-corrected chi connectivity index (χ0v) is 14.0. The van der Waals surface area contributed by atoms with E-state index in [1.807, 2.05) is 0 Å². The third-order valence-corrected chi connectivity index (χ3v) is 5.51. The number of aryl methyl sites for hydroxylation is 1. The van der Waals surface area contributed by atoms with Gasteiger partial charge in [0.15, 0.2) is 0 Å². The topological polar surface area (TPSA) is 72.6 Å². The van der Waals surface area contributed by atoms with Crippen molar-refractivity contribution in [3.8, 4) is 0 Å². The number of rotatable bonds is 3. The molecule has 5 nitrogen and oxygen atoms in total. The molecule has 132 valence electrons. The van der Waals surface area contributed by atoms with Gasteiger partial charge in [0.1, 0.15) is 0 Å². The highest BCUT2D eigenvalue weighted by Crippen LogP contribution is 2.32. The fraction of sp³-hybridized carbons (Fsp3) is 0.538. The molecule has 1 aromatic carbocycles. The molecule has 0 aromatic heterocycles. The van der Waals surface area contributed by atoms with Crippen LogP contribution in [0.25, 0.3) is 0 Å². The molecule has 0 amide bonds. The summed E-state index contributed by atoms with van der Waals surface area (Å²) < 4.78 is 69.6. The first-order valence-corrected chi connectivity index (χ1v) is 8.10. The molecular formula is C13H18ClF3N2O3S. The van der Waals surface area contributed by atoms with Crippen LogP contribution in [0.5, 0.6) is 0 Å². The summed E-state index contributed by atoms with van der Waals surface area (Å²) in [5.74, 6) is 0. The summed E-state index contributed by atoms with van der Waals surface area (Å²) in [7, 11) is -3.87. The molecule has 0 radical (unpaired) electrons. The molecule has 1 aromatic rings. The maximum absolute atomic E-state index is 12.7. The van der Waals surface area contributed by atoms with Crippen molar-refractivity contribution in [2.24, 2.45) is 5.73 Å². The predicted octanol–water partition coefficient (Wildman–Crippen LogP) is 1.78. The van der Waals surface area contributed by atoms with Crippen LogP contribution >= 0.6 is 12.4 Å². The van der Waals surface area contributed by atoms with Gasteiger partial charge in [0.2, 0.25) is 10.0 Å². The highest BCUT2D eigenvalue weighted by Gasteiger charge is 2.34. The Labute approximate surface area is 139 Å². The lowest BCUT2D eigenvalue weighted by atomic mass is 10.1. The molecule has 2 rings (SSSR count). The van der Waals surface area contributed by atoms with E-state index in [-0.39, 0.29) is 49.1 Å². The van der Waals surface area contributed by atoms with Crippen molar-refractivity contribution in [2.75, 3.05) is 26.2 Å². The number of morpholine rings is 1. The summed E-state index contributed by atoms with van der Waals surface area (Å²) in [6.45, 7) is 1.99. The van der Waals surface area contributed by atoms with Crippen molar-refractivity contribution in [3.63, 3.8) is 0 Å². The van der Waals surface area contributed by atoms with Gasteiger partial charge in [-0.1, -0.05) is 0 Å². The summed E-state index contributed by atoms with van der Waals surface area (Å²) in [4.78, 5) is -0.127. The van der Waals surface area contributed by atoms with Crippen molar-refractivity contribution < 1.29 is 26.3 Å². The van der Waals surface area contributed by atoms with Gasteiger partial charge in [-0.05, 0) is 30.7 Å². The van der Waals surface area contributed by atoms with Gasteiger partial charge in [-0.25, -0.2) is 8.42 Å². The van der Waals surface area contributed by atoms with Gasteiger partial charge in [-0.15, -0.1) is 12.4 Å². The van der Waals surface area contributed by atoms with E-state index in [9.17, 15) is 21.6 Å². The van der Waals surface area contributed by atoms with Crippen LogP contribution in [0.15, 0.2) is 23.1 Å². The maximum Gasteiger partial charge on any atom is 0.416 e. The van der Waals surface area contributed by atoms with Gasteiger partial charge in [0.25, 0.3) is 0 Å². The number of hydrogen-bond acceptors (Lipinski definition) is 4. The van der Waals surface area contributed by atoms with E-state index in [0.717, 1.165) is 18.2 Å². The largest absolute Gasteiger partial charge is 0.416 e. The fourth-order valence-corrected chi connectivity index (χ4v) is 3.97. The Hall–Kier alpha value is -0.870.